The van der Waals surface area contributed by atoms with E-state index in [9.17, 15) is 19.5 Å². The molecule has 0 aromatic heterocycles. The quantitative estimate of drug-likeness (QED) is 0.624. The molecule has 1 unspecified atom stereocenters. The third kappa shape index (κ3) is 3.70. The number of aryl methyl sites for hydroxylation is 1. The number of imide groups is 1. The third-order valence-electron chi connectivity index (χ3n) is 4.20. The van der Waals surface area contributed by atoms with Gasteiger partial charge in [0.25, 0.3) is 5.24 Å². The van der Waals surface area contributed by atoms with Gasteiger partial charge in [0.2, 0.25) is 5.91 Å². The number of hydrogen-bond donors (Lipinski definition) is 2. The Kier molecular flexibility index (Phi) is 4.95. The summed E-state index contributed by atoms with van der Waals surface area (Å²) in [6.07, 6.45) is 0.369. The van der Waals surface area contributed by atoms with E-state index < -0.39 is 5.25 Å². The predicted molar refractivity (Wildman–Crippen MR) is 101 cm³/mol. The van der Waals surface area contributed by atoms with Crippen LogP contribution in [0, 0.1) is 6.92 Å². The second kappa shape index (κ2) is 7.17. The minimum Gasteiger partial charge on any atom is -0.508 e. The third-order valence-corrected chi connectivity index (χ3v) is 5.18. The molecule has 2 N–H and O–H groups in total. The van der Waals surface area contributed by atoms with Gasteiger partial charge in [0.05, 0.1) is 5.25 Å². The highest BCUT2D eigenvalue weighted by atomic mass is 32.2. The SMILES string of the molecule is C=C(C(=O)c1cccc(CC2SC(=O)NC2=O)c1)c1ccc(O)c(C)c1. The highest BCUT2D eigenvalue weighted by Crippen LogP contribution is 2.26. The van der Waals surface area contributed by atoms with E-state index in [1.807, 2.05) is 6.07 Å². The highest BCUT2D eigenvalue weighted by molar-refractivity contribution is 8.15. The van der Waals surface area contributed by atoms with Crippen LogP contribution in [0.25, 0.3) is 5.57 Å². The van der Waals surface area contributed by atoms with E-state index in [-0.39, 0.29) is 22.7 Å². The molecule has 1 saturated heterocycles. The lowest BCUT2D eigenvalue weighted by Crippen LogP contribution is -2.25. The summed E-state index contributed by atoms with van der Waals surface area (Å²) in [6.45, 7) is 5.64. The number of phenols is 1. The molecule has 3 rings (SSSR count). The number of Topliss-reactive ketones (excluding diaryl/α,β-unsaturated/α-hetero) is 1. The first-order valence-electron chi connectivity index (χ1n) is 7.99. The second-order valence-electron chi connectivity index (χ2n) is 6.10. The van der Waals surface area contributed by atoms with Crippen LogP contribution in [0.3, 0.4) is 0 Å². The number of rotatable bonds is 5. The molecule has 2 aromatic carbocycles. The van der Waals surface area contributed by atoms with Gasteiger partial charge in [-0.1, -0.05) is 42.6 Å². The summed E-state index contributed by atoms with van der Waals surface area (Å²) in [5.74, 6) is -0.366. The fourth-order valence-corrected chi connectivity index (χ4v) is 3.59. The molecule has 0 bridgehead atoms. The number of hydrogen-bond acceptors (Lipinski definition) is 5. The van der Waals surface area contributed by atoms with Gasteiger partial charge in [-0.05, 0) is 48.2 Å². The molecule has 1 fully saturated rings. The first-order chi connectivity index (χ1) is 12.3. The highest BCUT2D eigenvalue weighted by Gasteiger charge is 2.31. The molecule has 6 heteroatoms. The van der Waals surface area contributed by atoms with Gasteiger partial charge in [-0.25, -0.2) is 0 Å². The van der Waals surface area contributed by atoms with Gasteiger partial charge in [-0.2, -0.15) is 0 Å². The number of thioether (sulfide) groups is 1. The molecule has 1 atom stereocenters. The van der Waals surface area contributed by atoms with Crippen LogP contribution < -0.4 is 5.32 Å². The molecule has 2 aromatic rings. The van der Waals surface area contributed by atoms with Gasteiger partial charge in [0.15, 0.2) is 5.78 Å². The van der Waals surface area contributed by atoms with E-state index in [2.05, 4.69) is 11.9 Å². The van der Waals surface area contributed by atoms with Crippen LogP contribution in [0.2, 0.25) is 0 Å². The van der Waals surface area contributed by atoms with Crippen LogP contribution in [-0.2, 0) is 11.2 Å². The van der Waals surface area contributed by atoms with Crippen LogP contribution in [0.15, 0.2) is 49.0 Å². The number of nitrogens with one attached hydrogen (secondary N) is 1. The molecule has 2 amide bonds. The number of allylic oxidation sites excluding steroid dienone is 1. The second-order valence-corrected chi connectivity index (χ2v) is 7.27. The van der Waals surface area contributed by atoms with Crippen molar-refractivity contribution in [3.05, 3.63) is 71.3 Å². The monoisotopic (exact) mass is 367 g/mol. The lowest BCUT2D eigenvalue weighted by molar-refractivity contribution is -0.118. The smallest absolute Gasteiger partial charge is 0.286 e. The Morgan fingerprint density at radius 2 is 1.96 bits per heavy atom. The van der Waals surface area contributed by atoms with E-state index in [1.54, 1.807) is 37.3 Å². The number of aromatic hydroxyl groups is 1. The van der Waals surface area contributed by atoms with Crippen molar-refractivity contribution < 1.29 is 19.5 Å². The zero-order valence-electron chi connectivity index (χ0n) is 14.1. The summed E-state index contributed by atoms with van der Waals surface area (Å²) in [6, 6.07) is 11.9. The van der Waals surface area contributed by atoms with Crippen molar-refractivity contribution in [1.29, 1.82) is 0 Å². The number of benzene rings is 2. The number of phenolic OH excluding ortho intramolecular Hbond substituents is 1. The Bertz CT molecular complexity index is 935. The summed E-state index contributed by atoms with van der Waals surface area (Å²) in [4.78, 5) is 35.7. The van der Waals surface area contributed by atoms with Crippen molar-refractivity contribution in [2.24, 2.45) is 0 Å². The molecule has 5 nitrogen and oxygen atoms in total. The lowest BCUT2D eigenvalue weighted by Gasteiger charge is -2.10. The first-order valence-corrected chi connectivity index (χ1v) is 8.87. The van der Waals surface area contributed by atoms with Crippen molar-refractivity contribution >= 4 is 34.3 Å². The summed E-state index contributed by atoms with van der Waals surface area (Å²) in [5, 5.41) is 11.1. The summed E-state index contributed by atoms with van der Waals surface area (Å²) >= 11 is 0.963. The molecular weight excluding hydrogens is 350 g/mol. The van der Waals surface area contributed by atoms with Crippen LogP contribution in [0.4, 0.5) is 4.79 Å². The van der Waals surface area contributed by atoms with Crippen LogP contribution >= 0.6 is 11.8 Å². The minimum absolute atomic E-state index is 0.165. The largest absolute Gasteiger partial charge is 0.508 e. The van der Waals surface area contributed by atoms with Gasteiger partial charge in [-0.3, -0.25) is 19.7 Å². The van der Waals surface area contributed by atoms with E-state index in [0.29, 0.717) is 28.7 Å². The van der Waals surface area contributed by atoms with Crippen molar-refractivity contribution in [3.8, 4) is 5.75 Å². The average molecular weight is 367 g/mol. The van der Waals surface area contributed by atoms with Crippen molar-refractivity contribution in [1.82, 2.24) is 5.32 Å². The van der Waals surface area contributed by atoms with Crippen LogP contribution in [-0.4, -0.2) is 27.3 Å². The molecule has 1 aliphatic heterocycles. The number of carbonyl (C=O) groups excluding carboxylic acids is 3. The zero-order chi connectivity index (χ0) is 18.8. The van der Waals surface area contributed by atoms with Gasteiger partial charge < -0.3 is 5.11 Å². The molecule has 0 radical (unpaired) electrons. The molecule has 1 heterocycles. The molecule has 132 valence electrons. The topological polar surface area (TPSA) is 83.5 Å². The van der Waals surface area contributed by atoms with Gasteiger partial charge in [-0.15, -0.1) is 0 Å². The Labute approximate surface area is 155 Å². The normalized spacial score (nSPS) is 16.4. The van der Waals surface area contributed by atoms with E-state index >= 15 is 0 Å². The van der Waals surface area contributed by atoms with Crippen molar-refractivity contribution in [3.63, 3.8) is 0 Å². The summed E-state index contributed by atoms with van der Waals surface area (Å²) < 4.78 is 0. The molecule has 1 aliphatic rings. The first kappa shape index (κ1) is 17.9. The van der Waals surface area contributed by atoms with E-state index in [4.69, 9.17) is 0 Å². The maximum absolute atomic E-state index is 12.7. The van der Waals surface area contributed by atoms with Gasteiger partial charge >= 0.3 is 0 Å². The van der Waals surface area contributed by atoms with E-state index in [0.717, 1.165) is 17.3 Å². The minimum atomic E-state index is -0.476. The summed E-state index contributed by atoms with van der Waals surface area (Å²) in [7, 11) is 0. The Balaban J connectivity index is 1.79. The summed E-state index contributed by atoms with van der Waals surface area (Å²) in [5.41, 5.74) is 2.90. The average Bonchev–Trinajstić information content (AvgIpc) is 2.93. The fraction of sp³-hybridized carbons (Fsp3) is 0.150. The Morgan fingerprint density at radius 3 is 2.62 bits per heavy atom. The molecular formula is C20H17NO4S. The predicted octanol–water partition coefficient (Wildman–Crippen LogP) is 3.49. The van der Waals surface area contributed by atoms with Crippen LogP contribution in [0.5, 0.6) is 5.75 Å². The Hall–Kier alpha value is -2.86. The molecule has 0 saturated carbocycles. The van der Waals surface area contributed by atoms with Crippen molar-refractivity contribution in [2.75, 3.05) is 0 Å². The zero-order valence-corrected chi connectivity index (χ0v) is 14.9. The number of ketones is 1. The standard InChI is InChI=1S/C20H17NO4S/c1-11-8-14(6-7-16(11)22)12(2)18(23)15-5-3-4-13(9-15)10-17-19(24)21-20(25)26-17/h3-9,17,22H,2,10H2,1H3,(H,21,24,25). The van der Waals surface area contributed by atoms with E-state index in [1.165, 1.54) is 6.07 Å². The van der Waals surface area contributed by atoms with Gasteiger partial charge in [0, 0.05) is 11.1 Å². The maximum atomic E-state index is 12.7. The van der Waals surface area contributed by atoms with Crippen molar-refractivity contribution in [2.45, 2.75) is 18.6 Å². The van der Waals surface area contributed by atoms with Gasteiger partial charge in [0.1, 0.15) is 5.75 Å². The van der Waals surface area contributed by atoms with Crippen LogP contribution in [0.1, 0.15) is 27.0 Å². The number of amides is 2. The molecule has 0 spiro atoms. The Morgan fingerprint density at radius 1 is 1.19 bits per heavy atom. The fourth-order valence-electron chi connectivity index (χ4n) is 2.73. The molecule has 0 aliphatic carbocycles. The lowest BCUT2D eigenvalue weighted by atomic mass is 9.95. The maximum Gasteiger partial charge on any atom is 0.286 e. The number of carbonyl (C=O) groups is 3. The molecule has 26 heavy (non-hydrogen) atoms.